The van der Waals surface area contributed by atoms with E-state index in [4.69, 9.17) is 4.74 Å². The fourth-order valence-electron chi connectivity index (χ4n) is 2.87. The fourth-order valence-corrected chi connectivity index (χ4v) is 2.87. The summed E-state index contributed by atoms with van der Waals surface area (Å²) >= 11 is 0. The maximum absolute atomic E-state index is 5.37. The summed E-state index contributed by atoms with van der Waals surface area (Å²) in [5.74, 6) is 0. The van der Waals surface area contributed by atoms with Crippen molar-refractivity contribution in [1.29, 1.82) is 0 Å². The van der Waals surface area contributed by atoms with Crippen LogP contribution in [0.2, 0.25) is 0 Å². The Balaban J connectivity index is 2.09. The molecule has 2 fully saturated rings. The van der Waals surface area contributed by atoms with Gasteiger partial charge in [0.2, 0.25) is 0 Å². The SMILES string of the molecule is COCC12CCCN1CCN(C)C2. The van der Waals surface area contributed by atoms with Gasteiger partial charge in [-0.25, -0.2) is 0 Å². The average molecular weight is 184 g/mol. The Morgan fingerprint density at radius 3 is 2.92 bits per heavy atom. The van der Waals surface area contributed by atoms with Crippen molar-refractivity contribution in [2.45, 2.75) is 18.4 Å². The molecule has 3 nitrogen and oxygen atoms in total. The van der Waals surface area contributed by atoms with E-state index in [2.05, 4.69) is 16.8 Å². The molecular weight excluding hydrogens is 164 g/mol. The van der Waals surface area contributed by atoms with Gasteiger partial charge in [0, 0.05) is 26.7 Å². The van der Waals surface area contributed by atoms with E-state index in [1.54, 1.807) is 0 Å². The highest BCUT2D eigenvalue weighted by Gasteiger charge is 2.43. The Labute approximate surface area is 80.6 Å². The summed E-state index contributed by atoms with van der Waals surface area (Å²) in [6.07, 6.45) is 2.66. The van der Waals surface area contributed by atoms with Crippen LogP contribution < -0.4 is 0 Å². The van der Waals surface area contributed by atoms with E-state index >= 15 is 0 Å². The van der Waals surface area contributed by atoms with Crippen molar-refractivity contribution < 1.29 is 4.74 Å². The predicted molar refractivity (Wildman–Crippen MR) is 52.9 cm³/mol. The summed E-state index contributed by atoms with van der Waals surface area (Å²) < 4.78 is 5.37. The van der Waals surface area contributed by atoms with Crippen LogP contribution in [-0.4, -0.2) is 62.3 Å². The molecule has 0 aromatic carbocycles. The van der Waals surface area contributed by atoms with Crippen LogP contribution >= 0.6 is 0 Å². The first-order valence-electron chi connectivity index (χ1n) is 5.19. The molecule has 3 heteroatoms. The lowest BCUT2D eigenvalue weighted by molar-refractivity contribution is -0.0154. The van der Waals surface area contributed by atoms with E-state index in [-0.39, 0.29) is 0 Å². The Morgan fingerprint density at radius 1 is 1.31 bits per heavy atom. The summed E-state index contributed by atoms with van der Waals surface area (Å²) in [4.78, 5) is 5.05. The van der Waals surface area contributed by atoms with Crippen LogP contribution in [0.1, 0.15) is 12.8 Å². The van der Waals surface area contributed by atoms with Crippen LogP contribution in [0.25, 0.3) is 0 Å². The molecule has 2 saturated heterocycles. The van der Waals surface area contributed by atoms with E-state index in [1.807, 2.05) is 7.11 Å². The van der Waals surface area contributed by atoms with E-state index in [0.29, 0.717) is 5.54 Å². The summed E-state index contributed by atoms with van der Waals surface area (Å²) in [5, 5.41) is 0. The zero-order valence-electron chi connectivity index (χ0n) is 8.75. The molecule has 0 aromatic heterocycles. The Hall–Kier alpha value is -0.120. The van der Waals surface area contributed by atoms with Gasteiger partial charge in [-0.05, 0) is 26.4 Å². The lowest BCUT2D eigenvalue weighted by atomic mass is 9.94. The molecule has 13 heavy (non-hydrogen) atoms. The third-order valence-corrected chi connectivity index (χ3v) is 3.47. The number of rotatable bonds is 2. The summed E-state index contributed by atoms with van der Waals surface area (Å²) in [7, 11) is 4.03. The second kappa shape index (κ2) is 3.56. The van der Waals surface area contributed by atoms with Crippen molar-refractivity contribution in [2.24, 2.45) is 0 Å². The van der Waals surface area contributed by atoms with Crippen LogP contribution in [-0.2, 0) is 4.74 Å². The number of likely N-dealkylation sites (N-methyl/N-ethyl adjacent to an activating group) is 1. The fraction of sp³-hybridized carbons (Fsp3) is 1.00. The molecule has 2 rings (SSSR count). The molecule has 0 amide bonds. The Kier molecular flexibility index (Phi) is 2.58. The van der Waals surface area contributed by atoms with Crippen molar-refractivity contribution in [2.75, 3.05) is 46.9 Å². The van der Waals surface area contributed by atoms with Gasteiger partial charge in [-0.2, -0.15) is 0 Å². The van der Waals surface area contributed by atoms with Gasteiger partial charge in [-0.3, -0.25) is 4.90 Å². The predicted octanol–water partition coefficient (Wildman–Crippen LogP) is 0.413. The van der Waals surface area contributed by atoms with Crippen molar-refractivity contribution in [3.63, 3.8) is 0 Å². The summed E-state index contributed by atoms with van der Waals surface area (Å²) in [6, 6.07) is 0. The van der Waals surface area contributed by atoms with Gasteiger partial charge in [-0.15, -0.1) is 0 Å². The minimum Gasteiger partial charge on any atom is -0.383 e. The first-order valence-corrected chi connectivity index (χ1v) is 5.19. The van der Waals surface area contributed by atoms with Crippen LogP contribution in [0.3, 0.4) is 0 Å². The maximum Gasteiger partial charge on any atom is 0.0659 e. The van der Waals surface area contributed by atoms with E-state index < -0.39 is 0 Å². The van der Waals surface area contributed by atoms with Crippen LogP contribution in [0.15, 0.2) is 0 Å². The molecule has 0 saturated carbocycles. The molecule has 1 atom stereocenters. The molecular formula is C10H20N2O. The van der Waals surface area contributed by atoms with Crippen LogP contribution in [0, 0.1) is 0 Å². The zero-order valence-corrected chi connectivity index (χ0v) is 8.75. The lowest BCUT2D eigenvalue weighted by Crippen LogP contribution is -2.60. The van der Waals surface area contributed by atoms with Gasteiger partial charge < -0.3 is 9.64 Å². The van der Waals surface area contributed by atoms with E-state index in [0.717, 1.165) is 6.61 Å². The van der Waals surface area contributed by atoms with Gasteiger partial charge in [0.05, 0.1) is 12.1 Å². The number of methoxy groups -OCH3 is 1. The molecule has 76 valence electrons. The van der Waals surface area contributed by atoms with Gasteiger partial charge in [0.25, 0.3) is 0 Å². The molecule has 0 bridgehead atoms. The molecule has 2 aliphatic rings. The molecule has 0 aliphatic carbocycles. The first-order chi connectivity index (χ1) is 6.27. The molecule has 0 aromatic rings. The van der Waals surface area contributed by atoms with E-state index in [9.17, 15) is 0 Å². The second-order valence-corrected chi connectivity index (χ2v) is 4.49. The largest absolute Gasteiger partial charge is 0.383 e. The molecule has 2 aliphatic heterocycles. The van der Waals surface area contributed by atoms with Crippen molar-refractivity contribution in [1.82, 2.24) is 9.80 Å². The number of hydrogen-bond donors (Lipinski definition) is 0. The van der Waals surface area contributed by atoms with Crippen molar-refractivity contribution in [3.8, 4) is 0 Å². The third kappa shape index (κ3) is 1.60. The van der Waals surface area contributed by atoms with Gasteiger partial charge in [-0.1, -0.05) is 0 Å². The molecule has 0 N–H and O–H groups in total. The average Bonchev–Trinajstić information content (AvgIpc) is 2.47. The summed E-state index contributed by atoms with van der Waals surface area (Å²) in [5.41, 5.74) is 0.349. The molecule has 0 radical (unpaired) electrons. The summed E-state index contributed by atoms with van der Waals surface area (Å²) in [6.45, 7) is 5.79. The topological polar surface area (TPSA) is 15.7 Å². The molecule has 2 heterocycles. The number of piperazine rings is 1. The minimum atomic E-state index is 0.349. The van der Waals surface area contributed by atoms with Crippen LogP contribution in [0.4, 0.5) is 0 Å². The molecule has 0 spiro atoms. The smallest absolute Gasteiger partial charge is 0.0659 e. The van der Waals surface area contributed by atoms with E-state index in [1.165, 1.54) is 39.0 Å². The molecule has 1 unspecified atom stereocenters. The lowest BCUT2D eigenvalue weighted by Gasteiger charge is -2.45. The number of fused-ring (bicyclic) bond motifs is 1. The van der Waals surface area contributed by atoms with Crippen LogP contribution in [0.5, 0.6) is 0 Å². The Morgan fingerprint density at radius 2 is 2.15 bits per heavy atom. The normalized spacial score (nSPS) is 36.5. The zero-order chi connectivity index (χ0) is 9.31. The van der Waals surface area contributed by atoms with Gasteiger partial charge in [0.15, 0.2) is 0 Å². The Bertz CT molecular complexity index is 186. The van der Waals surface area contributed by atoms with Crippen molar-refractivity contribution >= 4 is 0 Å². The standard InChI is InChI=1S/C10H20N2O/c1-11-6-7-12-5-3-4-10(12,8-11)9-13-2/h3-9H2,1-2H3. The maximum atomic E-state index is 5.37. The van der Waals surface area contributed by atoms with Crippen molar-refractivity contribution in [3.05, 3.63) is 0 Å². The van der Waals surface area contributed by atoms with Gasteiger partial charge in [0.1, 0.15) is 0 Å². The highest BCUT2D eigenvalue weighted by molar-refractivity contribution is 5.00. The number of nitrogens with zero attached hydrogens (tertiary/aromatic N) is 2. The first kappa shape index (κ1) is 9.44. The minimum absolute atomic E-state index is 0.349. The highest BCUT2D eigenvalue weighted by Crippen LogP contribution is 2.32. The number of hydrogen-bond acceptors (Lipinski definition) is 3. The quantitative estimate of drug-likeness (QED) is 0.618. The van der Waals surface area contributed by atoms with Gasteiger partial charge >= 0.3 is 0 Å². The monoisotopic (exact) mass is 184 g/mol. The third-order valence-electron chi connectivity index (χ3n) is 3.47. The number of ether oxygens (including phenoxy) is 1. The second-order valence-electron chi connectivity index (χ2n) is 4.49. The highest BCUT2D eigenvalue weighted by atomic mass is 16.5.